The number of benzene rings is 1. The lowest BCUT2D eigenvalue weighted by Gasteiger charge is -2.17. The van der Waals surface area contributed by atoms with Crippen LogP contribution < -0.4 is 21.7 Å². The number of aromatic nitrogens is 1. The zero-order valence-electron chi connectivity index (χ0n) is 15.2. The summed E-state index contributed by atoms with van der Waals surface area (Å²) in [4.78, 5) is 28.6. The fraction of sp³-hybridized carbons (Fsp3) is 0.278. The van der Waals surface area contributed by atoms with Gasteiger partial charge >= 0.3 is 0 Å². The van der Waals surface area contributed by atoms with Crippen molar-refractivity contribution in [3.8, 4) is 0 Å². The van der Waals surface area contributed by atoms with Crippen molar-refractivity contribution in [2.24, 2.45) is 5.73 Å². The molecule has 2 amide bonds. The quantitative estimate of drug-likeness (QED) is 0.444. The zero-order valence-corrected chi connectivity index (χ0v) is 16.0. The molecule has 11 heteroatoms. The second-order valence-corrected chi connectivity index (χ2v) is 6.96. The minimum atomic E-state index is -0.862. The first-order chi connectivity index (χ1) is 13.9. The molecule has 0 bridgehead atoms. The maximum Gasteiger partial charge on any atom is 0.252 e. The Hall–Kier alpha value is -3.05. The SMILES string of the molecule is N/C(=C\Nc1c(F)cccc1F)CNC(=O)C(Cc1cscn1)NC(=O)C1CO1. The number of nitrogens with two attached hydrogens (primary N) is 1. The fourth-order valence-corrected chi connectivity index (χ4v) is 2.96. The fourth-order valence-electron chi connectivity index (χ4n) is 2.38. The van der Waals surface area contributed by atoms with Gasteiger partial charge in [-0.3, -0.25) is 9.59 Å². The molecule has 3 rings (SSSR count). The smallest absolute Gasteiger partial charge is 0.252 e. The molecule has 0 aliphatic carbocycles. The monoisotopic (exact) mass is 423 g/mol. The third-order valence-corrected chi connectivity index (χ3v) is 4.62. The van der Waals surface area contributed by atoms with Crippen molar-refractivity contribution < 1.29 is 23.1 Å². The summed E-state index contributed by atoms with van der Waals surface area (Å²) in [6.07, 6.45) is 0.856. The van der Waals surface area contributed by atoms with Gasteiger partial charge in [0.2, 0.25) is 5.91 Å². The number of para-hydroxylation sites is 1. The summed E-state index contributed by atoms with van der Waals surface area (Å²) in [5, 5.41) is 9.43. The van der Waals surface area contributed by atoms with Gasteiger partial charge in [0.15, 0.2) is 6.10 Å². The van der Waals surface area contributed by atoms with Crippen LogP contribution in [-0.2, 0) is 20.7 Å². The molecule has 0 spiro atoms. The number of carbonyl (C=O) groups excluding carboxylic acids is 2. The first kappa shape index (κ1) is 20.7. The highest BCUT2D eigenvalue weighted by atomic mass is 32.1. The molecule has 2 atom stereocenters. The summed E-state index contributed by atoms with van der Waals surface area (Å²) in [6.45, 7) is 0.232. The molecule has 1 aliphatic heterocycles. The van der Waals surface area contributed by atoms with Gasteiger partial charge in [0.1, 0.15) is 23.4 Å². The molecule has 29 heavy (non-hydrogen) atoms. The highest BCUT2D eigenvalue weighted by Crippen LogP contribution is 2.17. The average Bonchev–Trinajstić information content (AvgIpc) is 3.42. The Morgan fingerprint density at radius 3 is 2.72 bits per heavy atom. The zero-order chi connectivity index (χ0) is 20.8. The largest absolute Gasteiger partial charge is 0.399 e. The number of halogens is 2. The van der Waals surface area contributed by atoms with E-state index in [-0.39, 0.29) is 30.3 Å². The number of nitrogens with one attached hydrogen (secondary N) is 3. The molecule has 1 saturated heterocycles. The molecule has 2 heterocycles. The number of anilines is 1. The Morgan fingerprint density at radius 1 is 1.38 bits per heavy atom. The second-order valence-electron chi connectivity index (χ2n) is 6.25. The van der Waals surface area contributed by atoms with Crippen molar-refractivity contribution >= 4 is 28.8 Å². The number of ether oxygens (including phenoxy) is 1. The standard InChI is InChI=1S/C18H19F2N5O3S/c19-12-2-1-3-13(20)16(12)22-5-10(21)6-23-17(26)14(4-11-8-29-9-24-11)25-18(27)15-7-28-15/h1-3,5,8-9,14-15,22H,4,6-7,21H2,(H,23,26)(H,25,27)/b10-5-. The Morgan fingerprint density at radius 2 is 2.10 bits per heavy atom. The van der Waals surface area contributed by atoms with Gasteiger partial charge in [0, 0.05) is 23.7 Å². The van der Waals surface area contributed by atoms with Gasteiger partial charge in [0.25, 0.3) is 5.91 Å². The summed E-state index contributed by atoms with van der Waals surface area (Å²) >= 11 is 1.38. The lowest BCUT2D eigenvalue weighted by molar-refractivity contribution is -0.129. The van der Waals surface area contributed by atoms with E-state index in [4.69, 9.17) is 10.5 Å². The highest BCUT2D eigenvalue weighted by molar-refractivity contribution is 7.07. The molecule has 0 radical (unpaired) electrons. The summed E-state index contributed by atoms with van der Waals surface area (Å²) < 4.78 is 32.1. The molecule has 1 aromatic heterocycles. The van der Waals surface area contributed by atoms with Gasteiger partial charge in [0.05, 0.1) is 24.4 Å². The van der Waals surface area contributed by atoms with E-state index in [9.17, 15) is 18.4 Å². The Bertz CT molecular complexity index is 883. The molecule has 0 saturated carbocycles. The number of carbonyl (C=O) groups is 2. The molecule has 8 nitrogen and oxygen atoms in total. The van der Waals surface area contributed by atoms with E-state index < -0.39 is 29.7 Å². The highest BCUT2D eigenvalue weighted by Gasteiger charge is 2.34. The normalized spacial score (nSPS) is 16.8. The summed E-state index contributed by atoms with van der Waals surface area (Å²) in [5.41, 5.74) is 7.86. The van der Waals surface area contributed by atoms with E-state index in [2.05, 4.69) is 20.9 Å². The van der Waals surface area contributed by atoms with E-state index in [1.807, 2.05) is 0 Å². The number of epoxide rings is 1. The minimum Gasteiger partial charge on any atom is -0.399 e. The Labute approximate surface area is 169 Å². The van der Waals surface area contributed by atoms with Crippen LogP contribution in [0.5, 0.6) is 0 Å². The molecular weight excluding hydrogens is 404 g/mol. The predicted octanol–water partition coefficient (Wildman–Crippen LogP) is 0.876. The van der Waals surface area contributed by atoms with Gasteiger partial charge in [-0.15, -0.1) is 11.3 Å². The summed E-state index contributed by atoms with van der Waals surface area (Å²) in [7, 11) is 0. The van der Waals surface area contributed by atoms with Crippen LogP contribution in [0.3, 0.4) is 0 Å². The van der Waals surface area contributed by atoms with Crippen LogP contribution in [0.25, 0.3) is 0 Å². The number of hydrogen-bond acceptors (Lipinski definition) is 7. The molecule has 1 aliphatic rings. The van der Waals surface area contributed by atoms with Crippen molar-refractivity contribution in [1.82, 2.24) is 15.6 Å². The van der Waals surface area contributed by atoms with Gasteiger partial charge in [-0.1, -0.05) is 6.07 Å². The number of amides is 2. The van der Waals surface area contributed by atoms with E-state index in [1.54, 1.807) is 10.9 Å². The van der Waals surface area contributed by atoms with Crippen molar-refractivity contribution in [2.75, 3.05) is 18.5 Å². The molecule has 2 aromatic rings. The summed E-state index contributed by atoms with van der Waals surface area (Å²) in [5.74, 6) is -2.39. The first-order valence-electron chi connectivity index (χ1n) is 8.66. The third kappa shape index (κ3) is 5.96. The van der Waals surface area contributed by atoms with Gasteiger partial charge < -0.3 is 26.4 Å². The molecular formula is C18H19F2N5O3S. The average molecular weight is 423 g/mol. The van der Waals surface area contributed by atoms with Crippen LogP contribution in [0.4, 0.5) is 14.5 Å². The van der Waals surface area contributed by atoms with Crippen LogP contribution >= 0.6 is 11.3 Å². The van der Waals surface area contributed by atoms with E-state index in [0.717, 1.165) is 12.1 Å². The van der Waals surface area contributed by atoms with Gasteiger partial charge in [-0.2, -0.15) is 0 Å². The Kier molecular flexibility index (Phi) is 6.73. The summed E-state index contributed by atoms with van der Waals surface area (Å²) in [6, 6.07) is 2.59. The van der Waals surface area contributed by atoms with E-state index in [1.165, 1.54) is 23.6 Å². The van der Waals surface area contributed by atoms with Crippen molar-refractivity contribution in [2.45, 2.75) is 18.6 Å². The van der Waals surface area contributed by atoms with Crippen LogP contribution in [0, 0.1) is 11.6 Å². The van der Waals surface area contributed by atoms with Gasteiger partial charge in [-0.05, 0) is 12.1 Å². The van der Waals surface area contributed by atoms with Crippen molar-refractivity contribution in [1.29, 1.82) is 0 Å². The first-order valence-corrected chi connectivity index (χ1v) is 9.60. The topological polar surface area (TPSA) is 122 Å². The number of thiazole rings is 1. The second kappa shape index (κ2) is 9.43. The molecule has 1 fully saturated rings. The van der Waals surface area contributed by atoms with Crippen LogP contribution in [-0.4, -0.2) is 42.1 Å². The number of nitrogens with zero attached hydrogens (tertiary/aromatic N) is 1. The maximum absolute atomic E-state index is 13.6. The number of rotatable bonds is 9. The van der Waals surface area contributed by atoms with E-state index in [0.29, 0.717) is 12.3 Å². The maximum atomic E-state index is 13.6. The molecule has 1 aromatic carbocycles. The minimum absolute atomic E-state index is 0.0920. The molecule has 154 valence electrons. The predicted molar refractivity (Wildman–Crippen MR) is 103 cm³/mol. The van der Waals surface area contributed by atoms with Crippen molar-refractivity contribution in [3.63, 3.8) is 0 Å². The molecule has 2 unspecified atom stereocenters. The van der Waals surface area contributed by atoms with Crippen LogP contribution in [0.1, 0.15) is 5.69 Å². The Balaban J connectivity index is 1.57. The van der Waals surface area contributed by atoms with Crippen LogP contribution in [0.15, 0.2) is 41.0 Å². The van der Waals surface area contributed by atoms with Gasteiger partial charge in [-0.25, -0.2) is 13.8 Å². The van der Waals surface area contributed by atoms with E-state index >= 15 is 0 Å². The van der Waals surface area contributed by atoms with Crippen molar-refractivity contribution in [3.05, 3.63) is 58.3 Å². The lowest BCUT2D eigenvalue weighted by Crippen LogP contribution is -2.50. The third-order valence-electron chi connectivity index (χ3n) is 3.99. The number of hydrogen-bond donors (Lipinski definition) is 4. The molecule has 5 N–H and O–H groups in total. The van der Waals surface area contributed by atoms with Crippen LogP contribution in [0.2, 0.25) is 0 Å². The lowest BCUT2D eigenvalue weighted by atomic mass is 10.1.